The fourth-order valence-corrected chi connectivity index (χ4v) is 4.16. The Bertz CT molecular complexity index is 868. The summed E-state index contributed by atoms with van der Waals surface area (Å²) < 4.78 is 1.74. The molecule has 0 unspecified atom stereocenters. The summed E-state index contributed by atoms with van der Waals surface area (Å²) in [5, 5.41) is 10.6. The minimum atomic E-state index is -0.375. The first-order valence-corrected chi connectivity index (χ1v) is 10.3. The topological polar surface area (TPSA) is 108 Å². The van der Waals surface area contributed by atoms with Gasteiger partial charge in [0, 0.05) is 39.3 Å². The lowest BCUT2D eigenvalue weighted by Crippen LogP contribution is -2.52. The maximum absolute atomic E-state index is 12.2. The number of nitrogens with zero attached hydrogens (tertiary/aromatic N) is 6. The normalized spacial score (nSPS) is 18.7. The highest BCUT2D eigenvalue weighted by Gasteiger charge is 2.23. The number of piperazine rings is 1. The molecular formula is C19H28N8O2. The van der Waals surface area contributed by atoms with E-state index in [-0.39, 0.29) is 24.5 Å². The molecule has 29 heavy (non-hydrogen) atoms. The van der Waals surface area contributed by atoms with E-state index in [1.165, 1.54) is 6.42 Å². The molecule has 10 heteroatoms. The van der Waals surface area contributed by atoms with E-state index in [2.05, 4.69) is 35.5 Å². The molecule has 0 bridgehead atoms. The molecule has 0 atom stereocenters. The number of carbonyl (C=O) groups is 2. The first-order valence-electron chi connectivity index (χ1n) is 10.3. The number of aryl methyl sites for hydroxylation is 1. The molecule has 1 aliphatic heterocycles. The highest BCUT2D eigenvalue weighted by molar-refractivity contribution is 5.95. The van der Waals surface area contributed by atoms with Crippen molar-refractivity contribution in [3.8, 4) is 0 Å². The Hall–Kier alpha value is -2.75. The number of rotatable bonds is 4. The molecule has 0 spiro atoms. The Morgan fingerprint density at radius 1 is 1.10 bits per heavy atom. The Balaban J connectivity index is 1.25. The number of hydrogen-bond acceptors (Lipinski definition) is 7. The van der Waals surface area contributed by atoms with Gasteiger partial charge in [-0.2, -0.15) is 5.10 Å². The molecule has 2 N–H and O–H groups in total. The van der Waals surface area contributed by atoms with Crippen LogP contribution in [0.4, 0.5) is 10.6 Å². The van der Waals surface area contributed by atoms with E-state index in [1.807, 2.05) is 7.05 Å². The van der Waals surface area contributed by atoms with Crippen molar-refractivity contribution in [1.82, 2.24) is 35.3 Å². The largest absolute Gasteiger partial charge is 0.353 e. The van der Waals surface area contributed by atoms with Crippen LogP contribution in [0.5, 0.6) is 0 Å². The third-order valence-electron chi connectivity index (χ3n) is 5.74. The number of aromatic nitrogens is 4. The zero-order chi connectivity index (χ0) is 20.2. The summed E-state index contributed by atoms with van der Waals surface area (Å²) in [6.45, 7) is 3.18. The average molecular weight is 400 g/mol. The van der Waals surface area contributed by atoms with Crippen LogP contribution in [0.1, 0.15) is 32.1 Å². The van der Waals surface area contributed by atoms with Gasteiger partial charge in [-0.15, -0.1) is 0 Å². The number of imide groups is 1. The number of hydrogen-bond donors (Lipinski definition) is 2. The van der Waals surface area contributed by atoms with Gasteiger partial charge in [0.05, 0.1) is 18.1 Å². The van der Waals surface area contributed by atoms with Gasteiger partial charge >= 0.3 is 6.03 Å². The summed E-state index contributed by atoms with van der Waals surface area (Å²) >= 11 is 0. The predicted octanol–water partition coefficient (Wildman–Crippen LogP) is 0.644. The Morgan fingerprint density at radius 3 is 2.62 bits per heavy atom. The van der Waals surface area contributed by atoms with E-state index in [0.29, 0.717) is 0 Å². The van der Waals surface area contributed by atoms with Crippen molar-refractivity contribution in [1.29, 1.82) is 0 Å². The lowest BCUT2D eigenvalue weighted by Gasteiger charge is -2.35. The summed E-state index contributed by atoms with van der Waals surface area (Å²) in [6, 6.07) is -0.183. The van der Waals surface area contributed by atoms with Gasteiger partial charge in [-0.05, 0) is 12.8 Å². The minimum absolute atomic E-state index is 0.192. The third kappa shape index (κ3) is 4.64. The van der Waals surface area contributed by atoms with E-state index in [1.54, 1.807) is 17.2 Å². The van der Waals surface area contributed by atoms with Gasteiger partial charge in [-0.1, -0.05) is 19.3 Å². The maximum atomic E-state index is 12.2. The van der Waals surface area contributed by atoms with Gasteiger partial charge in [0.2, 0.25) is 5.91 Å². The lowest BCUT2D eigenvalue weighted by atomic mass is 9.96. The van der Waals surface area contributed by atoms with Crippen LogP contribution in [0.25, 0.3) is 11.0 Å². The van der Waals surface area contributed by atoms with Crippen molar-refractivity contribution in [3.63, 3.8) is 0 Å². The molecule has 3 heterocycles. The van der Waals surface area contributed by atoms with Gasteiger partial charge in [0.25, 0.3) is 0 Å². The zero-order valence-corrected chi connectivity index (χ0v) is 16.8. The van der Waals surface area contributed by atoms with Crippen LogP contribution >= 0.6 is 0 Å². The van der Waals surface area contributed by atoms with Crippen LogP contribution in [-0.4, -0.2) is 75.4 Å². The van der Waals surface area contributed by atoms with E-state index < -0.39 is 0 Å². The standard InChI is InChI=1S/C19H28N8O2/c1-25-17-15(11-22-25)18(21-13-20-17)27-9-7-26(8-10-27)12-16(28)24-19(29)23-14-5-3-2-4-6-14/h11,13-14H,2-10,12H2,1H3,(H2,23,24,28,29). The maximum Gasteiger partial charge on any atom is 0.321 e. The van der Waals surface area contributed by atoms with Crippen LogP contribution in [0.15, 0.2) is 12.5 Å². The summed E-state index contributed by atoms with van der Waals surface area (Å²) in [5.41, 5.74) is 0.806. The second-order valence-corrected chi connectivity index (χ2v) is 7.82. The summed E-state index contributed by atoms with van der Waals surface area (Å²) in [6.07, 6.45) is 8.85. The number of fused-ring (bicyclic) bond motifs is 1. The van der Waals surface area contributed by atoms with Gasteiger partial charge in [0.15, 0.2) is 5.65 Å². The molecule has 2 aromatic rings. The van der Waals surface area contributed by atoms with Crippen LogP contribution < -0.4 is 15.5 Å². The van der Waals surface area contributed by atoms with Gasteiger partial charge in [-0.25, -0.2) is 14.8 Å². The van der Waals surface area contributed by atoms with Gasteiger partial charge < -0.3 is 10.2 Å². The second-order valence-electron chi connectivity index (χ2n) is 7.82. The van der Waals surface area contributed by atoms with E-state index in [4.69, 9.17) is 0 Å². The predicted molar refractivity (Wildman–Crippen MR) is 109 cm³/mol. The molecule has 2 aliphatic rings. The molecule has 1 saturated heterocycles. The molecule has 0 radical (unpaired) electrons. The summed E-state index contributed by atoms with van der Waals surface area (Å²) in [7, 11) is 1.86. The molecule has 0 aromatic carbocycles. The Kier molecular flexibility index (Phi) is 5.89. The van der Waals surface area contributed by atoms with Crippen molar-refractivity contribution in [2.75, 3.05) is 37.6 Å². The second kappa shape index (κ2) is 8.73. The average Bonchev–Trinajstić information content (AvgIpc) is 3.10. The molecule has 156 valence electrons. The van der Waals surface area contributed by atoms with Crippen LogP contribution in [0.2, 0.25) is 0 Å². The Morgan fingerprint density at radius 2 is 1.86 bits per heavy atom. The van der Waals surface area contributed by atoms with Crippen molar-refractivity contribution >= 4 is 28.8 Å². The molecule has 3 amide bonds. The van der Waals surface area contributed by atoms with Gasteiger partial charge in [0.1, 0.15) is 12.1 Å². The first-order chi connectivity index (χ1) is 14.1. The van der Waals surface area contributed by atoms with Crippen molar-refractivity contribution < 1.29 is 9.59 Å². The molecule has 4 rings (SSSR count). The van der Waals surface area contributed by atoms with E-state index in [0.717, 1.165) is 68.7 Å². The smallest absolute Gasteiger partial charge is 0.321 e. The minimum Gasteiger partial charge on any atom is -0.353 e. The quantitative estimate of drug-likeness (QED) is 0.775. The lowest BCUT2D eigenvalue weighted by molar-refractivity contribution is -0.121. The number of carbonyl (C=O) groups excluding carboxylic acids is 2. The SMILES string of the molecule is Cn1ncc2c(N3CCN(CC(=O)NC(=O)NC4CCCCC4)CC3)ncnc21. The molecule has 2 aromatic heterocycles. The summed E-state index contributed by atoms with van der Waals surface area (Å²) in [4.78, 5) is 37.2. The number of urea groups is 1. The van der Waals surface area contributed by atoms with Crippen LogP contribution in [-0.2, 0) is 11.8 Å². The molecule has 2 fully saturated rings. The monoisotopic (exact) mass is 400 g/mol. The number of nitrogens with one attached hydrogen (secondary N) is 2. The number of anilines is 1. The number of amides is 3. The fraction of sp³-hybridized carbons (Fsp3) is 0.632. The summed E-state index contributed by atoms with van der Waals surface area (Å²) in [5.74, 6) is 0.613. The third-order valence-corrected chi connectivity index (χ3v) is 5.74. The van der Waals surface area contributed by atoms with Crippen LogP contribution in [0.3, 0.4) is 0 Å². The van der Waals surface area contributed by atoms with E-state index in [9.17, 15) is 9.59 Å². The van der Waals surface area contributed by atoms with Crippen LogP contribution in [0, 0.1) is 0 Å². The van der Waals surface area contributed by atoms with Crippen molar-refractivity contribution in [2.45, 2.75) is 38.1 Å². The van der Waals surface area contributed by atoms with Crippen molar-refractivity contribution in [2.24, 2.45) is 7.05 Å². The zero-order valence-electron chi connectivity index (χ0n) is 16.8. The molecule has 1 aliphatic carbocycles. The van der Waals surface area contributed by atoms with Crippen molar-refractivity contribution in [3.05, 3.63) is 12.5 Å². The highest BCUT2D eigenvalue weighted by Crippen LogP contribution is 2.23. The highest BCUT2D eigenvalue weighted by atomic mass is 16.2. The van der Waals surface area contributed by atoms with E-state index >= 15 is 0 Å². The first kappa shape index (κ1) is 19.6. The van der Waals surface area contributed by atoms with Gasteiger partial charge in [-0.3, -0.25) is 19.7 Å². The Labute approximate surface area is 169 Å². The fourth-order valence-electron chi connectivity index (χ4n) is 4.16. The molecule has 1 saturated carbocycles. The molecule has 10 nitrogen and oxygen atoms in total. The molecular weight excluding hydrogens is 372 g/mol.